The molecule has 0 unspecified atom stereocenters. The Balaban J connectivity index is 1.66. The van der Waals surface area contributed by atoms with Crippen LogP contribution in [0.2, 0.25) is 5.02 Å². The Bertz CT molecular complexity index is 1040. The van der Waals surface area contributed by atoms with E-state index < -0.39 is 0 Å². The van der Waals surface area contributed by atoms with Crippen molar-refractivity contribution in [2.45, 2.75) is 31.6 Å². The second kappa shape index (κ2) is 11.3. The van der Waals surface area contributed by atoms with Crippen LogP contribution in [-0.2, 0) is 22.6 Å². The fraction of sp³-hybridized carbons (Fsp3) is 0.318. The Kier molecular flexibility index (Phi) is 8.45. The van der Waals surface area contributed by atoms with Gasteiger partial charge in [0.15, 0.2) is 11.0 Å². The molecule has 2 aromatic carbocycles. The summed E-state index contributed by atoms with van der Waals surface area (Å²) in [4.78, 5) is 12.3. The molecule has 1 heterocycles. The number of rotatable bonds is 10. The van der Waals surface area contributed by atoms with Crippen molar-refractivity contribution < 1.29 is 13.9 Å². The molecule has 0 atom stereocenters. The standard InChI is InChI=1S/C22H24ClFN4O2S/c1-15-8-9-16(12-19(15)24)13-25-20(29)14-31-22-27-26-21(28(22)10-5-11-30-2)17-6-3-4-7-18(17)23/h3-4,6-9,12H,5,10-11,13-14H2,1-2H3,(H,25,29). The third-order valence-electron chi connectivity index (χ3n) is 4.62. The number of amides is 1. The predicted octanol–water partition coefficient (Wildman–Crippen LogP) is 4.49. The zero-order chi connectivity index (χ0) is 22.2. The molecule has 0 saturated heterocycles. The van der Waals surface area contributed by atoms with Crippen LogP contribution in [0.5, 0.6) is 0 Å². The van der Waals surface area contributed by atoms with Crippen LogP contribution in [-0.4, -0.2) is 40.1 Å². The summed E-state index contributed by atoms with van der Waals surface area (Å²) in [5.41, 5.74) is 2.07. The van der Waals surface area contributed by atoms with Gasteiger partial charge in [0.2, 0.25) is 5.91 Å². The smallest absolute Gasteiger partial charge is 0.230 e. The van der Waals surface area contributed by atoms with Crippen molar-refractivity contribution >= 4 is 29.3 Å². The lowest BCUT2D eigenvalue weighted by molar-refractivity contribution is -0.118. The predicted molar refractivity (Wildman–Crippen MR) is 121 cm³/mol. The number of methoxy groups -OCH3 is 1. The zero-order valence-electron chi connectivity index (χ0n) is 17.4. The Morgan fingerprint density at radius 2 is 2.06 bits per heavy atom. The zero-order valence-corrected chi connectivity index (χ0v) is 19.0. The number of thioether (sulfide) groups is 1. The number of aromatic nitrogens is 3. The van der Waals surface area contributed by atoms with Crippen LogP contribution in [0.4, 0.5) is 4.39 Å². The second-order valence-corrected chi connectivity index (χ2v) is 8.28. The van der Waals surface area contributed by atoms with Crippen molar-refractivity contribution in [3.05, 3.63) is 64.4 Å². The van der Waals surface area contributed by atoms with E-state index in [1.54, 1.807) is 32.2 Å². The Labute approximate surface area is 190 Å². The number of benzene rings is 2. The van der Waals surface area contributed by atoms with Gasteiger partial charge >= 0.3 is 0 Å². The van der Waals surface area contributed by atoms with Crippen molar-refractivity contribution in [2.24, 2.45) is 0 Å². The van der Waals surface area contributed by atoms with E-state index in [4.69, 9.17) is 16.3 Å². The van der Waals surface area contributed by atoms with Gasteiger partial charge in [-0.05, 0) is 42.7 Å². The number of hydrogen-bond donors (Lipinski definition) is 1. The van der Waals surface area contributed by atoms with Crippen molar-refractivity contribution in [3.63, 3.8) is 0 Å². The first kappa shape index (κ1) is 23.2. The molecule has 0 aliphatic carbocycles. The first-order valence-electron chi connectivity index (χ1n) is 9.81. The highest BCUT2D eigenvalue weighted by atomic mass is 35.5. The number of nitrogens with zero attached hydrogens (tertiary/aromatic N) is 3. The number of halogens is 2. The number of nitrogens with one attached hydrogen (secondary N) is 1. The van der Waals surface area contributed by atoms with E-state index in [0.717, 1.165) is 12.0 Å². The van der Waals surface area contributed by atoms with Gasteiger partial charge < -0.3 is 14.6 Å². The summed E-state index contributed by atoms with van der Waals surface area (Å²) >= 11 is 7.64. The minimum atomic E-state index is -0.280. The molecule has 164 valence electrons. The third-order valence-corrected chi connectivity index (χ3v) is 5.92. The van der Waals surface area contributed by atoms with Crippen LogP contribution in [0, 0.1) is 12.7 Å². The molecule has 0 saturated carbocycles. The molecular formula is C22H24ClFN4O2S. The minimum Gasteiger partial charge on any atom is -0.385 e. The summed E-state index contributed by atoms with van der Waals surface area (Å²) in [7, 11) is 1.65. The van der Waals surface area contributed by atoms with Gasteiger partial charge in [0.25, 0.3) is 0 Å². The van der Waals surface area contributed by atoms with Gasteiger partial charge in [0.05, 0.1) is 10.8 Å². The van der Waals surface area contributed by atoms with Crippen molar-refractivity contribution in [1.29, 1.82) is 0 Å². The van der Waals surface area contributed by atoms with Crippen molar-refractivity contribution in [1.82, 2.24) is 20.1 Å². The molecule has 0 bridgehead atoms. The number of aryl methyl sites for hydroxylation is 1. The molecule has 0 aliphatic rings. The number of carbonyl (C=O) groups is 1. The van der Waals surface area contributed by atoms with Crippen LogP contribution in [0.3, 0.4) is 0 Å². The van der Waals surface area contributed by atoms with E-state index in [9.17, 15) is 9.18 Å². The SMILES string of the molecule is COCCCn1c(SCC(=O)NCc2ccc(C)c(F)c2)nnc1-c1ccccc1Cl. The van der Waals surface area contributed by atoms with Gasteiger partial charge in [-0.1, -0.05) is 47.6 Å². The van der Waals surface area contributed by atoms with Gasteiger partial charge in [-0.2, -0.15) is 0 Å². The molecule has 0 radical (unpaired) electrons. The first-order chi connectivity index (χ1) is 15.0. The molecule has 3 aromatic rings. The monoisotopic (exact) mass is 462 g/mol. The number of hydrogen-bond acceptors (Lipinski definition) is 5. The third kappa shape index (κ3) is 6.29. The Morgan fingerprint density at radius 3 is 2.81 bits per heavy atom. The molecule has 0 fully saturated rings. The van der Waals surface area contributed by atoms with Gasteiger partial charge in [0, 0.05) is 32.4 Å². The molecule has 31 heavy (non-hydrogen) atoms. The normalized spacial score (nSPS) is 11.0. The lowest BCUT2D eigenvalue weighted by atomic mass is 10.1. The summed E-state index contributed by atoms with van der Waals surface area (Å²) in [6.45, 7) is 3.20. The molecule has 0 spiro atoms. The largest absolute Gasteiger partial charge is 0.385 e. The van der Waals surface area contributed by atoms with E-state index in [1.807, 2.05) is 22.8 Å². The molecule has 0 aliphatic heterocycles. The highest BCUT2D eigenvalue weighted by molar-refractivity contribution is 7.99. The number of carbonyl (C=O) groups excluding carboxylic acids is 1. The summed E-state index contributed by atoms with van der Waals surface area (Å²) in [5, 5.41) is 12.6. The molecule has 3 rings (SSSR count). The van der Waals surface area contributed by atoms with Crippen LogP contribution < -0.4 is 5.32 Å². The maximum absolute atomic E-state index is 13.7. The fourth-order valence-electron chi connectivity index (χ4n) is 2.93. The van der Waals surface area contributed by atoms with Crippen LogP contribution >= 0.6 is 23.4 Å². The van der Waals surface area contributed by atoms with Gasteiger partial charge in [-0.3, -0.25) is 4.79 Å². The summed E-state index contributed by atoms with van der Waals surface area (Å²) in [5.74, 6) is 0.369. The highest BCUT2D eigenvalue weighted by Gasteiger charge is 2.17. The van der Waals surface area contributed by atoms with Crippen LogP contribution in [0.15, 0.2) is 47.6 Å². The summed E-state index contributed by atoms with van der Waals surface area (Å²) in [6.07, 6.45) is 0.769. The Morgan fingerprint density at radius 1 is 1.26 bits per heavy atom. The average Bonchev–Trinajstić information content (AvgIpc) is 3.16. The maximum Gasteiger partial charge on any atom is 0.230 e. The quantitative estimate of drug-likeness (QED) is 0.355. The molecule has 1 aromatic heterocycles. The first-order valence-corrected chi connectivity index (χ1v) is 11.2. The van der Waals surface area contributed by atoms with Crippen molar-refractivity contribution in [2.75, 3.05) is 19.5 Å². The van der Waals surface area contributed by atoms with E-state index >= 15 is 0 Å². The van der Waals surface area contributed by atoms with Crippen LogP contribution in [0.1, 0.15) is 17.5 Å². The van der Waals surface area contributed by atoms with E-state index in [1.165, 1.54) is 17.8 Å². The van der Waals surface area contributed by atoms with E-state index in [-0.39, 0.29) is 24.0 Å². The van der Waals surface area contributed by atoms with E-state index in [2.05, 4.69) is 15.5 Å². The number of ether oxygens (including phenoxy) is 1. The second-order valence-electron chi connectivity index (χ2n) is 6.93. The molecule has 9 heteroatoms. The highest BCUT2D eigenvalue weighted by Crippen LogP contribution is 2.29. The molecular weight excluding hydrogens is 439 g/mol. The summed E-state index contributed by atoms with van der Waals surface area (Å²) < 4.78 is 20.8. The minimum absolute atomic E-state index is 0.166. The van der Waals surface area contributed by atoms with Crippen molar-refractivity contribution in [3.8, 4) is 11.4 Å². The fourth-order valence-corrected chi connectivity index (χ4v) is 3.95. The topological polar surface area (TPSA) is 69.0 Å². The lowest BCUT2D eigenvalue weighted by Crippen LogP contribution is -2.24. The lowest BCUT2D eigenvalue weighted by Gasteiger charge is -2.11. The molecule has 1 N–H and O–H groups in total. The van der Waals surface area contributed by atoms with Gasteiger partial charge in [0.1, 0.15) is 5.82 Å². The van der Waals surface area contributed by atoms with Gasteiger partial charge in [-0.15, -0.1) is 10.2 Å². The van der Waals surface area contributed by atoms with Crippen LogP contribution in [0.25, 0.3) is 11.4 Å². The summed E-state index contributed by atoms with van der Waals surface area (Å²) in [6, 6.07) is 12.4. The molecule has 1 amide bonds. The molecule has 6 nitrogen and oxygen atoms in total. The van der Waals surface area contributed by atoms with Gasteiger partial charge in [-0.25, -0.2) is 4.39 Å². The van der Waals surface area contributed by atoms with E-state index in [0.29, 0.717) is 40.3 Å². The Hall–Kier alpha value is -2.42. The average molecular weight is 463 g/mol. The maximum atomic E-state index is 13.7.